The van der Waals surface area contributed by atoms with Gasteiger partial charge in [0.2, 0.25) is 0 Å². The van der Waals surface area contributed by atoms with E-state index in [4.69, 9.17) is 20.4 Å². The second kappa shape index (κ2) is 36.8. The molecule has 268 valence electrons. The number of aliphatic carboxylic acids is 3. The molecule has 0 bridgehead atoms. The smallest absolute Gasteiger partial charge is 0.320 e. The Bertz CT molecular complexity index is 619. The van der Waals surface area contributed by atoms with Gasteiger partial charge in [-0.3, -0.25) is 14.4 Å². The molecule has 2 atom stereocenters. The van der Waals surface area contributed by atoms with Gasteiger partial charge >= 0.3 is 17.9 Å². The molecule has 0 aliphatic carbocycles. The Hall–Kier alpha value is -1.67. The van der Waals surface area contributed by atoms with Crippen molar-refractivity contribution in [2.75, 3.05) is 6.54 Å². The first kappa shape index (κ1) is 45.5. The second-order valence-corrected chi connectivity index (χ2v) is 13.0. The molecule has 5 N–H and O–H groups in total. The van der Waals surface area contributed by atoms with Crippen LogP contribution in [-0.2, 0) is 14.4 Å². The highest BCUT2D eigenvalue weighted by Gasteiger charge is 2.27. The Morgan fingerprint density at radius 1 is 0.489 bits per heavy atom. The van der Waals surface area contributed by atoms with E-state index in [0.717, 1.165) is 25.7 Å². The van der Waals surface area contributed by atoms with Crippen LogP contribution in [-0.4, -0.2) is 57.0 Å². The summed E-state index contributed by atoms with van der Waals surface area (Å²) < 4.78 is 0. The van der Waals surface area contributed by atoms with Crippen molar-refractivity contribution in [3.8, 4) is 0 Å². The van der Waals surface area contributed by atoms with E-state index in [0.29, 0.717) is 25.8 Å². The van der Waals surface area contributed by atoms with Gasteiger partial charge in [0.15, 0.2) is 0 Å². The molecule has 8 nitrogen and oxygen atoms in total. The molecule has 0 unspecified atom stereocenters. The largest absolute Gasteiger partial charge is 0.481 e. The van der Waals surface area contributed by atoms with Gasteiger partial charge in [-0.15, -0.1) is 0 Å². The van der Waals surface area contributed by atoms with Crippen LogP contribution in [0.5, 0.6) is 0 Å². The van der Waals surface area contributed by atoms with Crippen LogP contribution >= 0.6 is 0 Å². The first-order valence-corrected chi connectivity index (χ1v) is 18.8. The van der Waals surface area contributed by atoms with Crippen LogP contribution in [0.3, 0.4) is 0 Å². The highest BCUT2D eigenvalue weighted by Crippen LogP contribution is 2.14. The first-order valence-electron chi connectivity index (χ1n) is 18.8. The zero-order chi connectivity index (χ0) is 33.8. The highest BCUT2D eigenvalue weighted by molar-refractivity contribution is 5.73. The lowest BCUT2D eigenvalue weighted by atomic mass is 10.0. The number of carboxylic acid groups (broad SMARTS) is 3. The van der Waals surface area contributed by atoms with Crippen molar-refractivity contribution in [1.29, 1.82) is 0 Å². The van der Waals surface area contributed by atoms with Crippen LogP contribution in [0.1, 0.15) is 200 Å². The quantitative estimate of drug-likeness (QED) is 0.0507. The summed E-state index contributed by atoms with van der Waals surface area (Å²) >= 11 is 0. The maximum absolute atomic E-state index is 10.3. The average Bonchev–Trinajstić information content (AvgIpc) is 3.45. The van der Waals surface area contributed by atoms with Crippen molar-refractivity contribution < 1.29 is 34.8 Å². The summed E-state index contributed by atoms with van der Waals surface area (Å²) in [5, 5.41) is 36.8. The minimum absolute atomic E-state index is 0.329. The fourth-order valence-corrected chi connectivity index (χ4v) is 5.49. The fraction of sp³-hybridized carbons (Fsp3) is 0.919. The SMILES string of the molecule is CCCCCCCCCCCCCCCC(=O)O.CCCCCCCCCCCCCCCC(=O)O.O=C(O)[C@@H]1C[C@@H](O)CN1. The molecule has 0 aromatic carbocycles. The maximum Gasteiger partial charge on any atom is 0.320 e. The maximum atomic E-state index is 10.3. The van der Waals surface area contributed by atoms with E-state index in [1.165, 1.54) is 141 Å². The van der Waals surface area contributed by atoms with Gasteiger partial charge in [-0.25, -0.2) is 0 Å². The number of aliphatic hydroxyl groups excluding tert-OH is 1. The number of nitrogens with one attached hydrogen (secondary N) is 1. The van der Waals surface area contributed by atoms with E-state index in [2.05, 4.69) is 19.2 Å². The van der Waals surface area contributed by atoms with Gasteiger partial charge in [-0.05, 0) is 12.8 Å². The number of carboxylic acids is 3. The molecule has 0 aromatic heterocycles. The van der Waals surface area contributed by atoms with E-state index < -0.39 is 30.1 Å². The Kier molecular flexibility index (Phi) is 37.2. The van der Waals surface area contributed by atoms with Crippen molar-refractivity contribution in [3.05, 3.63) is 0 Å². The van der Waals surface area contributed by atoms with Crippen LogP contribution < -0.4 is 5.32 Å². The standard InChI is InChI=1S/2C16H32O2.C5H9NO3/c2*1-2-3-4-5-6-7-8-9-10-11-12-13-14-15-16(17)18;7-3-1-4(5(8)9)6-2-3/h2*2-15H2,1H3,(H,17,18);3-4,6-7H,1-2H2,(H,8,9)/t;;3-,4+/m..1/s1. The predicted octanol–water partition coefficient (Wildman–Crippen LogP) is 9.90. The number of unbranched alkanes of at least 4 members (excludes halogenated alkanes) is 24. The molecule has 1 aliphatic rings. The van der Waals surface area contributed by atoms with Gasteiger partial charge < -0.3 is 25.7 Å². The Labute approximate surface area is 276 Å². The first-order chi connectivity index (χ1) is 21.7. The summed E-state index contributed by atoms with van der Waals surface area (Å²) in [6.45, 7) is 4.92. The van der Waals surface area contributed by atoms with Gasteiger partial charge in [0, 0.05) is 25.8 Å². The molecular weight excluding hydrogens is 570 g/mol. The van der Waals surface area contributed by atoms with Crippen molar-refractivity contribution in [2.45, 2.75) is 212 Å². The number of carbonyl (C=O) groups is 3. The number of aliphatic hydroxyl groups is 1. The molecule has 1 aliphatic heterocycles. The molecule has 0 amide bonds. The zero-order valence-corrected chi connectivity index (χ0v) is 29.4. The van der Waals surface area contributed by atoms with E-state index in [1.54, 1.807) is 0 Å². The third-order valence-corrected chi connectivity index (χ3v) is 8.39. The lowest BCUT2D eigenvalue weighted by Crippen LogP contribution is -2.29. The topological polar surface area (TPSA) is 144 Å². The van der Waals surface area contributed by atoms with Gasteiger partial charge in [0.1, 0.15) is 6.04 Å². The summed E-state index contributed by atoms with van der Waals surface area (Å²) in [6, 6.07) is -0.542. The highest BCUT2D eigenvalue weighted by atomic mass is 16.4. The molecule has 0 aromatic rings. The summed E-state index contributed by atoms with van der Waals surface area (Å²) in [6.07, 6.45) is 34.4. The Morgan fingerprint density at radius 2 is 0.756 bits per heavy atom. The Morgan fingerprint density at radius 3 is 0.933 bits per heavy atom. The molecule has 8 heteroatoms. The third kappa shape index (κ3) is 40.3. The molecule has 1 rings (SSSR count). The van der Waals surface area contributed by atoms with E-state index >= 15 is 0 Å². The molecule has 0 radical (unpaired) electrons. The average molecular weight is 644 g/mol. The van der Waals surface area contributed by atoms with Crippen LogP contribution in [0.2, 0.25) is 0 Å². The summed E-state index contributed by atoms with van der Waals surface area (Å²) in [7, 11) is 0. The van der Waals surface area contributed by atoms with E-state index in [-0.39, 0.29) is 0 Å². The zero-order valence-electron chi connectivity index (χ0n) is 29.4. The summed E-state index contributed by atoms with van der Waals surface area (Å²) in [5.74, 6) is -2.19. The van der Waals surface area contributed by atoms with E-state index in [1.807, 2.05) is 0 Å². The number of hydrogen-bond acceptors (Lipinski definition) is 5. The van der Waals surface area contributed by atoms with Crippen molar-refractivity contribution in [2.24, 2.45) is 0 Å². The summed E-state index contributed by atoms with van der Waals surface area (Å²) in [5.41, 5.74) is 0. The van der Waals surface area contributed by atoms with Crippen LogP contribution in [0.15, 0.2) is 0 Å². The van der Waals surface area contributed by atoms with E-state index in [9.17, 15) is 14.4 Å². The lowest BCUT2D eigenvalue weighted by molar-refractivity contribution is -0.139. The monoisotopic (exact) mass is 644 g/mol. The molecule has 45 heavy (non-hydrogen) atoms. The number of rotatable bonds is 29. The second-order valence-electron chi connectivity index (χ2n) is 13.0. The van der Waals surface area contributed by atoms with Gasteiger partial charge in [0.25, 0.3) is 0 Å². The van der Waals surface area contributed by atoms with Gasteiger partial charge in [0.05, 0.1) is 6.10 Å². The van der Waals surface area contributed by atoms with Crippen molar-refractivity contribution in [1.82, 2.24) is 5.32 Å². The minimum Gasteiger partial charge on any atom is -0.481 e. The lowest BCUT2D eigenvalue weighted by Gasteiger charge is -2.02. The van der Waals surface area contributed by atoms with Crippen molar-refractivity contribution >= 4 is 17.9 Å². The summed E-state index contributed by atoms with van der Waals surface area (Å²) in [4.78, 5) is 30.8. The molecule has 1 saturated heterocycles. The van der Waals surface area contributed by atoms with Gasteiger partial charge in [-0.2, -0.15) is 0 Å². The molecule has 0 spiro atoms. The number of β-amino-alcohol motifs (C(OH)–C–C–N with tert-alkyl or cyclic N) is 1. The van der Waals surface area contributed by atoms with Crippen molar-refractivity contribution in [3.63, 3.8) is 0 Å². The molecule has 1 fully saturated rings. The van der Waals surface area contributed by atoms with Crippen LogP contribution in [0.4, 0.5) is 0 Å². The fourth-order valence-electron chi connectivity index (χ4n) is 5.49. The Balaban J connectivity index is 0. The predicted molar refractivity (Wildman–Crippen MR) is 186 cm³/mol. The van der Waals surface area contributed by atoms with Crippen LogP contribution in [0.25, 0.3) is 0 Å². The molecule has 1 heterocycles. The van der Waals surface area contributed by atoms with Crippen LogP contribution in [0, 0.1) is 0 Å². The molecular formula is C37H73NO7. The molecule has 0 saturated carbocycles. The third-order valence-electron chi connectivity index (χ3n) is 8.39. The van der Waals surface area contributed by atoms with Gasteiger partial charge in [-0.1, -0.05) is 168 Å². The normalized spacial score (nSPS) is 15.5. The number of hydrogen-bond donors (Lipinski definition) is 5. The minimum atomic E-state index is -0.883.